The van der Waals surface area contributed by atoms with Crippen molar-refractivity contribution in [1.29, 1.82) is 0 Å². The van der Waals surface area contributed by atoms with Gasteiger partial charge in [0.05, 0.1) is 0 Å². The van der Waals surface area contributed by atoms with Crippen molar-refractivity contribution in [2.45, 2.75) is 59.4 Å². The molecule has 1 aromatic carbocycles. The summed E-state index contributed by atoms with van der Waals surface area (Å²) < 4.78 is 1.16. The van der Waals surface area contributed by atoms with Crippen LogP contribution in [0, 0.1) is 13.8 Å². The highest BCUT2D eigenvalue weighted by atomic mass is 79.9. The Kier molecular flexibility index (Phi) is 6.04. The number of benzene rings is 1. The minimum atomic E-state index is 0.556. The van der Waals surface area contributed by atoms with Crippen LogP contribution in [0.15, 0.2) is 16.6 Å². The molecule has 0 radical (unpaired) electrons. The highest BCUT2D eigenvalue weighted by molar-refractivity contribution is 9.10. The lowest BCUT2D eigenvalue weighted by Crippen LogP contribution is -2.16. The summed E-state index contributed by atoms with van der Waals surface area (Å²) in [6.45, 7) is 8.86. The lowest BCUT2D eigenvalue weighted by Gasteiger charge is -2.19. The summed E-state index contributed by atoms with van der Waals surface area (Å²) in [6.07, 6.45) is 5.20. The number of hydrogen-bond acceptors (Lipinski definition) is 1. The Bertz CT molecular complexity index is 337. The fourth-order valence-electron chi connectivity index (χ4n) is 2.16. The summed E-state index contributed by atoms with van der Waals surface area (Å²) in [7, 11) is 0. The smallest absolute Gasteiger partial charge is 0.0402 e. The summed E-state index contributed by atoms with van der Waals surface area (Å²) in [5.74, 6) is 0. The Morgan fingerprint density at radius 2 is 1.76 bits per heavy atom. The minimum absolute atomic E-state index is 0.556. The number of anilines is 1. The van der Waals surface area contributed by atoms with Gasteiger partial charge in [0.15, 0.2) is 0 Å². The Hall–Kier alpha value is -0.500. The predicted octanol–water partition coefficient (Wildman–Crippen LogP) is 5.45. The minimum Gasteiger partial charge on any atom is -0.382 e. The molecule has 1 rings (SSSR count). The monoisotopic (exact) mass is 297 g/mol. The summed E-state index contributed by atoms with van der Waals surface area (Å²) >= 11 is 3.54. The molecule has 0 aliphatic heterocycles. The lowest BCUT2D eigenvalue weighted by atomic mass is 10.1. The fraction of sp³-hybridized carbons (Fsp3) is 0.600. The number of nitrogens with one attached hydrogen (secondary N) is 1. The summed E-state index contributed by atoms with van der Waals surface area (Å²) in [5, 5.41) is 3.64. The van der Waals surface area contributed by atoms with Crippen molar-refractivity contribution < 1.29 is 0 Å². The molecule has 0 fully saturated rings. The maximum Gasteiger partial charge on any atom is 0.0402 e. The van der Waals surface area contributed by atoms with Gasteiger partial charge in [-0.3, -0.25) is 0 Å². The standard InChI is InChI=1S/C15H24BrN/c1-5-6-7-8-13(4)17-15-11(2)9-14(16)10-12(15)3/h9-10,13,17H,5-8H2,1-4H3. The van der Waals surface area contributed by atoms with E-state index in [4.69, 9.17) is 0 Å². The van der Waals surface area contributed by atoms with E-state index in [2.05, 4.69) is 61.1 Å². The van der Waals surface area contributed by atoms with E-state index in [-0.39, 0.29) is 0 Å². The van der Waals surface area contributed by atoms with Crippen LogP contribution in [0.2, 0.25) is 0 Å². The van der Waals surface area contributed by atoms with Gasteiger partial charge in [-0.05, 0) is 50.5 Å². The molecule has 0 aromatic heterocycles. The van der Waals surface area contributed by atoms with Crippen molar-refractivity contribution in [2.75, 3.05) is 5.32 Å². The number of unbranched alkanes of at least 4 members (excludes halogenated alkanes) is 2. The Morgan fingerprint density at radius 3 is 2.29 bits per heavy atom. The number of aryl methyl sites for hydroxylation is 2. The molecule has 0 heterocycles. The number of rotatable bonds is 6. The van der Waals surface area contributed by atoms with Crippen LogP contribution in [0.5, 0.6) is 0 Å². The van der Waals surface area contributed by atoms with Crippen molar-refractivity contribution in [3.8, 4) is 0 Å². The van der Waals surface area contributed by atoms with E-state index >= 15 is 0 Å². The quantitative estimate of drug-likeness (QED) is 0.689. The van der Waals surface area contributed by atoms with Crippen LogP contribution in [0.1, 0.15) is 50.7 Å². The summed E-state index contributed by atoms with van der Waals surface area (Å²) in [6, 6.07) is 4.91. The molecule has 0 aliphatic rings. The SMILES string of the molecule is CCCCCC(C)Nc1c(C)cc(Br)cc1C. The van der Waals surface area contributed by atoms with Crippen molar-refractivity contribution >= 4 is 21.6 Å². The van der Waals surface area contributed by atoms with Gasteiger partial charge in [0.25, 0.3) is 0 Å². The van der Waals surface area contributed by atoms with Gasteiger partial charge in [-0.2, -0.15) is 0 Å². The zero-order valence-corrected chi connectivity index (χ0v) is 13.0. The van der Waals surface area contributed by atoms with E-state index in [1.165, 1.54) is 42.5 Å². The molecule has 1 N–H and O–H groups in total. The molecule has 0 aliphatic carbocycles. The number of halogens is 1. The average Bonchev–Trinajstić information content (AvgIpc) is 2.24. The molecule has 1 unspecified atom stereocenters. The Balaban J connectivity index is 2.61. The molecule has 17 heavy (non-hydrogen) atoms. The first-order valence-corrected chi connectivity index (χ1v) is 7.37. The first kappa shape index (κ1) is 14.6. The molecule has 2 heteroatoms. The zero-order chi connectivity index (χ0) is 12.8. The Labute approximate surface area is 114 Å². The van der Waals surface area contributed by atoms with Gasteiger partial charge < -0.3 is 5.32 Å². The zero-order valence-electron chi connectivity index (χ0n) is 11.4. The van der Waals surface area contributed by atoms with Crippen LogP contribution in [0.3, 0.4) is 0 Å². The second-order valence-corrected chi connectivity index (χ2v) is 5.87. The van der Waals surface area contributed by atoms with Gasteiger partial charge in [0.1, 0.15) is 0 Å². The number of hydrogen-bond donors (Lipinski definition) is 1. The van der Waals surface area contributed by atoms with E-state index in [9.17, 15) is 0 Å². The summed E-state index contributed by atoms with van der Waals surface area (Å²) in [5.41, 5.74) is 3.94. The summed E-state index contributed by atoms with van der Waals surface area (Å²) in [4.78, 5) is 0. The third-order valence-electron chi connectivity index (χ3n) is 3.13. The highest BCUT2D eigenvalue weighted by Gasteiger charge is 2.07. The first-order valence-electron chi connectivity index (χ1n) is 6.58. The molecule has 1 aromatic rings. The first-order chi connectivity index (χ1) is 8.04. The van der Waals surface area contributed by atoms with Crippen LogP contribution in [-0.2, 0) is 0 Å². The van der Waals surface area contributed by atoms with Gasteiger partial charge in [0.2, 0.25) is 0 Å². The largest absolute Gasteiger partial charge is 0.382 e. The average molecular weight is 298 g/mol. The van der Waals surface area contributed by atoms with Gasteiger partial charge in [-0.15, -0.1) is 0 Å². The maximum atomic E-state index is 3.64. The van der Waals surface area contributed by atoms with Crippen molar-refractivity contribution in [3.63, 3.8) is 0 Å². The highest BCUT2D eigenvalue weighted by Crippen LogP contribution is 2.26. The van der Waals surface area contributed by atoms with Gasteiger partial charge in [-0.25, -0.2) is 0 Å². The second-order valence-electron chi connectivity index (χ2n) is 4.96. The topological polar surface area (TPSA) is 12.0 Å². The molecule has 1 nitrogen and oxygen atoms in total. The lowest BCUT2D eigenvalue weighted by molar-refractivity contribution is 0.614. The van der Waals surface area contributed by atoms with Crippen molar-refractivity contribution in [1.82, 2.24) is 0 Å². The second kappa shape index (κ2) is 7.05. The van der Waals surface area contributed by atoms with Gasteiger partial charge >= 0.3 is 0 Å². The van der Waals surface area contributed by atoms with E-state index in [0.717, 1.165) is 4.47 Å². The van der Waals surface area contributed by atoms with E-state index in [0.29, 0.717) is 6.04 Å². The van der Waals surface area contributed by atoms with Crippen LogP contribution < -0.4 is 5.32 Å². The maximum absolute atomic E-state index is 3.64. The molecule has 96 valence electrons. The fourth-order valence-corrected chi connectivity index (χ4v) is 2.84. The van der Waals surface area contributed by atoms with Crippen LogP contribution in [-0.4, -0.2) is 6.04 Å². The van der Waals surface area contributed by atoms with Crippen LogP contribution in [0.4, 0.5) is 5.69 Å². The van der Waals surface area contributed by atoms with Crippen LogP contribution >= 0.6 is 15.9 Å². The van der Waals surface area contributed by atoms with Crippen molar-refractivity contribution in [3.05, 3.63) is 27.7 Å². The van der Waals surface area contributed by atoms with E-state index < -0.39 is 0 Å². The Morgan fingerprint density at radius 1 is 1.18 bits per heavy atom. The molecule has 0 spiro atoms. The van der Waals surface area contributed by atoms with E-state index in [1.807, 2.05) is 0 Å². The molecule has 0 saturated heterocycles. The van der Waals surface area contributed by atoms with Crippen molar-refractivity contribution in [2.24, 2.45) is 0 Å². The molecule has 0 amide bonds. The molecule has 1 atom stereocenters. The molecular weight excluding hydrogens is 274 g/mol. The molecule has 0 bridgehead atoms. The molecular formula is C15H24BrN. The normalized spacial score (nSPS) is 12.5. The van der Waals surface area contributed by atoms with Crippen LogP contribution in [0.25, 0.3) is 0 Å². The third-order valence-corrected chi connectivity index (χ3v) is 3.59. The van der Waals surface area contributed by atoms with Gasteiger partial charge in [0, 0.05) is 16.2 Å². The van der Waals surface area contributed by atoms with E-state index in [1.54, 1.807) is 0 Å². The predicted molar refractivity (Wildman–Crippen MR) is 80.8 cm³/mol. The molecule has 0 saturated carbocycles. The third kappa shape index (κ3) is 4.71. The van der Waals surface area contributed by atoms with Gasteiger partial charge in [-0.1, -0.05) is 42.1 Å².